The molecular weight excluding hydrogens is 186 g/mol. The van der Waals surface area contributed by atoms with Crippen LogP contribution in [0.5, 0.6) is 0 Å². The molecule has 0 aromatic rings. The SMILES string of the molecule is CC(C)(CO)C(O)C(=O)NCCC[O-]. The van der Waals surface area contributed by atoms with Crippen LogP contribution >= 0.6 is 0 Å². The second-order valence-corrected chi connectivity index (χ2v) is 3.90. The molecule has 0 saturated carbocycles. The second kappa shape index (κ2) is 5.95. The predicted octanol–water partition coefficient (Wildman–Crippen LogP) is -1.77. The molecule has 1 amide bonds. The fourth-order valence-electron chi connectivity index (χ4n) is 0.822. The van der Waals surface area contributed by atoms with E-state index < -0.39 is 17.4 Å². The molecule has 0 radical (unpaired) electrons. The van der Waals surface area contributed by atoms with Gasteiger partial charge in [0.2, 0.25) is 5.91 Å². The number of nitrogens with one attached hydrogen (secondary N) is 1. The highest BCUT2D eigenvalue weighted by Crippen LogP contribution is 2.19. The van der Waals surface area contributed by atoms with Crippen LogP contribution in [0.4, 0.5) is 0 Å². The van der Waals surface area contributed by atoms with Crippen molar-refractivity contribution >= 4 is 5.91 Å². The molecule has 5 heteroatoms. The maximum Gasteiger partial charge on any atom is 0.249 e. The zero-order valence-electron chi connectivity index (χ0n) is 8.62. The maximum absolute atomic E-state index is 11.2. The summed E-state index contributed by atoms with van der Waals surface area (Å²) < 4.78 is 0. The van der Waals surface area contributed by atoms with Crippen LogP contribution in [0.1, 0.15) is 20.3 Å². The fourth-order valence-corrected chi connectivity index (χ4v) is 0.822. The van der Waals surface area contributed by atoms with Gasteiger partial charge in [0.05, 0.1) is 6.61 Å². The Morgan fingerprint density at radius 1 is 1.57 bits per heavy atom. The monoisotopic (exact) mass is 204 g/mol. The number of hydrogen-bond acceptors (Lipinski definition) is 4. The molecule has 0 aliphatic rings. The third-order valence-corrected chi connectivity index (χ3v) is 2.02. The number of aliphatic hydroxyl groups is 2. The zero-order valence-corrected chi connectivity index (χ0v) is 8.62. The summed E-state index contributed by atoms with van der Waals surface area (Å²) in [5.74, 6) is -0.544. The molecule has 0 heterocycles. The summed E-state index contributed by atoms with van der Waals surface area (Å²) in [5, 5.41) is 30.9. The van der Waals surface area contributed by atoms with Crippen LogP contribution in [0, 0.1) is 5.41 Å². The molecule has 0 aromatic heterocycles. The first kappa shape index (κ1) is 13.4. The highest BCUT2D eigenvalue weighted by molar-refractivity contribution is 5.81. The standard InChI is InChI=1S/C9H18NO4/c1-9(2,6-12)7(13)8(14)10-4-3-5-11/h7,12-13H,3-6H2,1-2H3,(H,10,14)/q-1. The lowest BCUT2D eigenvalue weighted by atomic mass is 9.87. The van der Waals surface area contributed by atoms with Gasteiger partial charge in [0.1, 0.15) is 6.10 Å². The van der Waals surface area contributed by atoms with E-state index in [1.807, 2.05) is 0 Å². The molecule has 0 fully saturated rings. The number of aliphatic hydroxyl groups excluding tert-OH is 2. The van der Waals surface area contributed by atoms with Crippen LogP contribution in [0.25, 0.3) is 0 Å². The van der Waals surface area contributed by atoms with Crippen LogP contribution in [-0.4, -0.2) is 42.0 Å². The zero-order chi connectivity index (χ0) is 11.2. The number of carbonyl (C=O) groups is 1. The van der Waals surface area contributed by atoms with Gasteiger partial charge in [-0.1, -0.05) is 20.3 Å². The summed E-state index contributed by atoms with van der Waals surface area (Å²) in [6, 6.07) is 0. The fraction of sp³-hybridized carbons (Fsp3) is 0.889. The lowest BCUT2D eigenvalue weighted by Gasteiger charge is -2.27. The molecule has 5 nitrogen and oxygen atoms in total. The van der Waals surface area contributed by atoms with Gasteiger partial charge < -0.3 is 20.6 Å². The van der Waals surface area contributed by atoms with Gasteiger partial charge in [-0.05, 0) is 0 Å². The maximum atomic E-state index is 11.2. The van der Waals surface area contributed by atoms with Crippen molar-refractivity contribution in [1.29, 1.82) is 0 Å². The van der Waals surface area contributed by atoms with Gasteiger partial charge in [-0.2, -0.15) is 0 Å². The average Bonchev–Trinajstić information content (AvgIpc) is 2.17. The van der Waals surface area contributed by atoms with E-state index in [-0.39, 0.29) is 19.8 Å². The Balaban J connectivity index is 3.99. The van der Waals surface area contributed by atoms with Crippen LogP contribution in [0.2, 0.25) is 0 Å². The Kier molecular flexibility index (Phi) is 5.68. The lowest BCUT2D eigenvalue weighted by molar-refractivity contribution is -0.367. The number of rotatable bonds is 6. The van der Waals surface area contributed by atoms with Gasteiger partial charge in [-0.25, -0.2) is 0 Å². The van der Waals surface area contributed by atoms with Crippen molar-refractivity contribution in [3.63, 3.8) is 0 Å². The third kappa shape index (κ3) is 4.04. The van der Waals surface area contributed by atoms with Gasteiger partial charge in [0.15, 0.2) is 0 Å². The highest BCUT2D eigenvalue weighted by Gasteiger charge is 2.32. The largest absolute Gasteiger partial charge is 0.854 e. The molecule has 0 aliphatic carbocycles. The van der Waals surface area contributed by atoms with Crippen molar-refractivity contribution in [2.24, 2.45) is 5.41 Å². The van der Waals surface area contributed by atoms with Gasteiger partial charge in [-0.3, -0.25) is 4.79 Å². The molecule has 14 heavy (non-hydrogen) atoms. The van der Waals surface area contributed by atoms with Crippen molar-refractivity contribution in [3.05, 3.63) is 0 Å². The Morgan fingerprint density at radius 3 is 2.57 bits per heavy atom. The smallest absolute Gasteiger partial charge is 0.249 e. The number of carbonyl (C=O) groups excluding carboxylic acids is 1. The first-order chi connectivity index (χ1) is 6.45. The molecule has 0 rings (SSSR count). The topological polar surface area (TPSA) is 92.6 Å². The molecule has 1 unspecified atom stereocenters. The molecule has 0 aliphatic heterocycles. The van der Waals surface area contributed by atoms with E-state index in [2.05, 4.69) is 5.32 Å². The van der Waals surface area contributed by atoms with E-state index in [0.717, 1.165) is 0 Å². The van der Waals surface area contributed by atoms with Crippen molar-refractivity contribution in [2.45, 2.75) is 26.4 Å². The molecular formula is C9H18NO4-. The van der Waals surface area contributed by atoms with E-state index in [0.29, 0.717) is 6.42 Å². The van der Waals surface area contributed by atoms with Crippen molar-refractivity contribution < 1.29 is 20.1 Å². The molecule has 0 aromatic carbocycles. The second-order valence-electron chi connectivity index (χ2n) is 3.90. The summed E-state index contributed by atoms with van der Waals surface area (Å²) in [7, 11) is 0. The highest BCUT2D eigenvalue weighted by atomic mass is 16.3. The van der Waals surface area contributed by atoms with Gasteiger partial charge in [0.25, 0.3) is 0 Å². The van der Waals surface area contributed by atoms with Crippen LogP contribution in [0.3, 0.4) is 0 Å². The average molecular weight is 204 g/mol. The first-order valence-corrected chi connectivity index (χ1v) is 4.60. The Labute approximate surface area is 83.8 Å². The Hall–Kier alpha value is -0.650. The summed E-state index contributed by atoms with van der Waals surface area (Å²) >= 11 is 0. The van der Waals surface area contributed by atoms with Crippen LogP contribution in [0.15, 0.2) is 0 Å². The van der Waals surface area contributed by atoms with Crippen molar-refractivity contribution in [1.82, 2.24) is 5.32 Å². The van der Waals surface area contributed by atoms with Crippen LogP contribution in [-0.2, 0) is 4.79 Å². The van der Waals surface area contributed by atoms with Crippen molar-refractivity contribution in [3.8, 4) is 0 Å². The van der Waals surface area contributed by atoms with E-state index in [1.54, 1.807) is 13.8 Å². The number of hydrogen-bond donors (Lipinski definition) is 3. The molecule has 0 saturated heterocycles. The molecule has 0 spiro atoms. The minimum Gasteiger partial charge on any atom is -0.854 e. The quantitative estimate of drug-likeness (QED) is 0.446. The van der Waals surface area contributed by atoms with Gasteiger partial charge in [-0.15, -0.1) is 6.61 Å². The van der Waals surface area contributed by atoms with Crippen molar-refractivity contribution in [2.75, 3.05) is 19.8 Å². The first-order valence-electron chi connectivity index (χ1n) is 4.60. The van der Waals surface area contributed by atoms with E-state index in [9.17, 15) is 15.0 Å². The molecule has 1 atom stereocenters. The minimum absolute atomic E-state index is 0.250. The number of amides is 1. The molecule has 84 valence electrons. The Bertz CT molecular complexity index is 182. The molecule has 3 N–H and O–H groups in total. The van der Waals surface area contributed by atoms with Gasteiger partial charge >= 0.3 is 0 Å². The van der Waals surface area contributed by atoms with Gasteiger partial charge in [0, 0.05) is 12.0 Å². The summed E-state index contributed by atoms with van der Waals surface area (Å²) in [6.07, 6.45) is -0.906. The summed E-state index contributed by atoms with van der Waals surface area (Å²) in [4.78, 5) is 11.2. The third-order valence-electron chi connectivity index (χ3n) is 2.02. The molecule has 0 bridgehead atoms. The van der Waals surface area contributed by atoms with E-state index in [1.165, 1.54) is 0 Å². The minimum atomic E-state index is -1.25. The normalized spacial score (nSPS) is 13.8. The predicted molar refractivity (Wildman–Crippen MR) is 49.4 cm³/mol. The van der Waals surface area contributed by atoms with Crippen LogP contribution < -0.4 is 10.4 Å². The summed E-state index contributed by atoms with van der Waals surface area (Å²) in [5.41, 5.74) is -0.860. The van der Waals surface area contributed by atoms with E-state index >= 15 is 0 Å². The lowest BCUT2D eigenvalue weighted by Crippen LogP contribution is -2.46. The Morgan fingerprint density at radius 2 is 2.14 bits per heavy atom. The van der Waals surface area contributed by atoms with E-state index in [4.69, 9.17) is 5.11 Å². The summed E-state index contributed by atoms with van der Waals surface area (Å²) in [6.45, 7) is 2.92.